The maximum Gasteiger partial charge on any atom is 0.460 e. The standard InChI is InChI=1S/C18H8F18O4/c19-11(20,13(23,24)15(27,28)17(31,32)33)5-39-9(37)7-1-2-8(4-3-7)10(38)40-6-12(21,22)14(25,26)16(29,30)18(34,35)36/h1-4H,5-6H2. The van der Waals surface area contributed by atoms with Crippen molar-refractivity contribution in [3.8, 4) is 0 Å². The van der Waals surface area contributed by atoms with Gasteiger partial charge in [0.25, 0.3) is 0 Å². The number of carbonyl (C=O) groups is 2. The van der Waals surface area contributed by atoms with E-state index in [4.69, 9.17) is 0 Å². The van der Waals surface area contributed by atoms with Gasteiger partial charge < -0.3 is 9.47 Å². The predicted octanol–water partition coefficient (Wildman–Crippen LogP) is 6.94. The highest BCUT2D eigenvalue weighted by Gasteiger charge is 2.83. The molecule has 230 valence electrons. The van der Waals surface area contributed by atoms with Crippen molar-refractivity contribution in [1.82, 2.24) is 0 Å². The molecule has 0 aliphatic rings. The second-order valence-electron chi connectivity index (χ2n) is 7.43. The Morgan fingerprint density at radius 2 is 0.675 bits per heavy atom. The Labute approximate surface area is 207 Å². The minimum absolute atomic E-state index is 0.282. The Morgan fingerprint density at radius 1 is 0.450 bits per heavy atom. The zero-order valence-corrected chi connectivity index (χ0v) is 18.2. The molecule has 0 radical (unpaired) electrons. The van der Waals surface area contributed by atoms with Crippen LogP contribution in [0.1, 0.15) is 20.7 Å². The second-order valence-corrected chi connectivity index (χ2v) is 7.43. The van der Waals surface area contributed by atoms with E-state index in [-0.39, 0.29) is 24.3 Å². The maximum absolute atomic E-state index is 13.4. The van der Waals surface area contributed by atoms with Gasteiger partial charge in [-0.05, 0) is 24.3 Å². The van der Waals surface area contributed by atoms with Crippen molar-refractivity contribution >= 4 is 11.9 Å². The lowest BCUT2D eigenvalue weighted by atomic mass is 10.0. The number of alkyl halides is 18. The fraction of sp³-hybridized carbons (Fsp3) is 0.556. The molecule has 1 aromatic carbocycles. The lowest BCUT2D eigenvalue weighted by Crippen LogP contribution is -2.62. The van der Waals surface area contributed by atoms with Gasteiger partial charge in [0.2, 0.25) is 0 Å². The molecule has 22 heteroatoms. The summed E-state index contributed by atoms with van der Waals surface area (Å²) in [5, 5.41) is 0. The summed E-state index contributed by atoms with van der Waals surface area (Å²) >= 11 is 0. The highest BCUT2D eigenvalue weighted by atomic mass is 19.4. The normalized spacial score (nSPS) is 14.7. The van der Waals surface area contributed by atoms with E-state index in [0.29, 0.717) is 0 Å². The van der Waals surface area contributed by atoms with E-state index in [9.17, 15) is 88.6 Å². The van der Waals surface area contributed by atoms with E-state index >= 15 is 0 Å². The van der Waals surface area contributed by atoms with Gasteiger partial charge in [-0.1, -0.05) is 0 Å². The SMILES string of the molecule is O=C(OCC(F)(F)C(F)(F)C(F)(F)C(F)(F)F)c1ccc(C(=O)OCC(F)(F)C(F)(F)C(F)(F)C(F)(F)F)cc1. The molecule has 0 aliphatic heterocycles. The van der Waals surface area contributed by atoms with Gasteiger partial charge in [-0.15, -0.1) is 0 Å². The Morgan fingerprint density at radius 3 is 0.875 bits per heavy atom. The van der Waals surface area contributed by atoms with Crippen LogP contribution in [0.15, 0.2) is 24.3 Å². The quantitative estimate of drug-likeness (QED) is 0.208. The molecule has 0 spiro atoms. The van der Waals surface area contributed by atoms with E-state index in [0.717, 1.165) is 0 Å². The number of hydrogen-bond donors (Lipinski definition) is 0. The van der Waals surface area contributed by atoms with Crippen molar-refractivity contribution in [2.45, 2.75) is 47.9 Å². The molecule has 0 N–H and O–H groups in total. The summed E-state index contributed by atoms with van der Waals surface area (Å²) in [6.45, 7) is -6.11. The number of ether oxygens (including phenoxy) is 2. The largest absolute Gasteiger partial charge is 0.460 e. The number of rotatable bonds is 10. The third-order valence-corrected chi connectivity index (χ3v) is 4.54. The minimum Gasteiger partial charge on any atom is -0.455 e. The van der Waals surface area contributed by atoms with Crippen LogP contribution in [0.2, 0.25) is 0 Å². The predicted molar refractivity (Wildman–Crippen MR) is 88.8 cm³/mol. The first-order chi connectivity index (χ1) is 17.5. The molecule has 0 unspecified atom stereocenters. The molecule has 0 saturated heterocycles. The van der Waals surface area contributed by atoms with Gasteiger partial charge in [-0.25, -0.2) is 9.59 Å². The minimum atomic E-state index is -7.29. The van der Waals surface area contributed by atoms with Crippen molar-refractivity contribution in [3.63, 3.8) is 0 Å². The van der Waals surface area contributed by atoms with Crippen molar-refractivity contribution in [2.75, 3.05) is 13.2 Å². The number of esters is 2. The summed E-state index contributed by atoms with van der Waals surface area (Å²) < 4.78 is 237. The molecule has 4 nitrogen and oxygen atoms in total. The molecule has 0 aliphatic carbocycles. The molecule has 0 fully saturated rings. The third kappa shape index (κ3) is 6.13. The van der Waals surface area contributed by atoms with Crippen LogP contribution < -0.4 is 0 Å². The molecule has 1 aromatic rings. The Bertz CT molecular complexity index is 987. The van der Waals surface area contributed by atoms with Crippen molar-refractivity contribution in [3.05, 3.63) is 35.4 Å². The average molecular weight is 630 g/mol. The summed E-state index contributed by atoms with van der Waals surface area (Å²) in [6, 6.07) is 1.13. The molecule has 0 atom stereocenters. The van der Waals surface area contributed by atoms with Gasteiger partial charge in [0, 0.05) is 0 Å². The summed E-state index contributed by atoms with van der Waals surface area (Å²) in [7, 11) is 0. The van der Waals surface area contributed by atoms with E-state index in [1.807, 2.05) is 0 Å². The van der Waals surface area contributed by atoms with E-state index in [1.54, 1.807) is 0 Å². The second kappa shape index (κ2) is 10.4. The highest BCUT2D eigenvalue weighted by molar-refractivity contribution is 5.93. The van der Waals surface area contributed by atoms with Gasteiger partial charge in [0.1, 0.15) is 0 Å². The van der Waals surface area contributed by atoms with Crippen LogP contribution in [0.3, 0.4) is 0 Å². The van der Waals surface area contributed by atoms with Crippen LogP contribution in [0.4, 0.5) is 79.0 Å². The van der Waals surface area contributed by atoms with Gasteiger partial charge in [0.05, 0.1) is 11.1 Å². The maximum atomic E-state index is 13.4. The van der Waals surface area contributed by atoms with Crippen LogP contribution in [0, 0.1) is 0 Å². The fourth-order valence-electron chi connectivity index (χ4n) is 2.22. The van der Waals surface area contributed by atoms with Crippen LogP contribution in [-0.2, 0) is 9.47 Å². The average Bonchev–Trinajstić information content (AvgIpc) is 2.79. The third-order valence-electron chi connectivity index (χ3n) is 4.54. The fourth-order valence-corrected chi connectivity index (χ4v) is 2.22. The Hall–Kier alpha value is -3.10. The number of benzene rings is 1. The Kier molecular flexibility index (Phi) is 9.06. The van der Waals surface area contributed by atoms with Gasteiger partial charge in [-0.3, -0.25) is 0 Å². The van der Waals surface area contributed by atoms with Gasteiger partial charge in [0.15, 0.2) is 13.2 Å². The molecule has 40 heavy (non-hydrogen) atoms. The molecule has 0 saturated carbocycles. The molecular weight excluding hydrogens is 622 g/mol. The first-order valence-electron chi connectivity index (χ1n) is 9.32. The topological polar surface area (TPSA) is 52.6 Å². The molecule has 1 rings (SSSR count). The monoisotopic (exact) mass is 630 g/mol. The lowest BCUT2D eigenvalue weighted by molar-refractivity contribution is -0.398. The van der Waals surface area contributed by atoms with Crippen LogP contribution in [0.5, 0.6) is 0 Å². The molecule has 0 aromatic heterocycles. The smallest absolute Gasteiger partial charge is 0.455 e. The molecule has 0 bridgehead atoms. The summed E-state index contributed by atoms with van der Waals surface area (Å²) in [5.74, 6) is -45.7. The molecule has 0 heterocycles. The van der Waals surface area contributed by atoms with Crippen LogP contribution in [0.25, 0.3) is 0 Å². The molecular formula is C18H8F18O4. The molecule has 0 amide bonds. The van der Waals surface area contributed by atoms with Crippen LogP contribution in [-0.4, -0.2) is 73.0 Å². The zero-order chi connectivity index (χ0) is 32.0. The number of carbonyl (C=O) groups excluding carboxylic acids is 2. The highest BCUT2D eigenvalue weighted by Crippen LogP contribution is 2.54. The first kappa shape index (κ1) is 34.9. The van der Waals surface area contributed by atoms with Crippen molar-refractivity contribution in [2.24, 2.45) is 0 Å². The zero-order valence-electron chi connectivity index (χ0n) is 18.2. The first-order valence-corrected chi connectivity index (χ1v) is 9.32. The van der Waals surface area contributed by atoms with E-state index in [1.165, 1.54) is 0 Å². The number of halogens is 18. The van der Waals surface area contributed by atoms with E-state index in [2.05, 4.69) is 9.47 Å². The summed E-state index contributed by atoms with van der Waals surface area (Å²) in [4.78, 5) is 23.2. The van der Waals surface area contributed by atoms with Gasteiger partial charge in [-0.2, -0.15) is 79.0 Å². The van der Waals surface area contributed by atoms with Gasteiger partial charge >= 0.3 is 59.8 Å². The number of hydrogen-bond acceptors (Lipinski definition) is 4. The van der Waals surface area contributed by atoms with Crippen molar-refractivity contribution in [1.29, 1.82) is 0 Å². The summed E-state index contributed by atoms with van der Waals surface area (Å²) in [5.41, 5.74) is -2.11. The van der Waals surface area contributed by atoms with Crippen LogP contribution >= 0.6 is 0 Å². The summed E-state index contributed by atoms with van der Waals surface area (Å²) in [6.07, 6.45) is -14.3. The van der Waals surface area contributed by atoms with E-state index < -0.39 is 84.2 Å². The lowest BCUT2D eigenvalue weighted by Gasteiger charge is -2.33. The van der Waals surface area contributed by atoms with Crippen molar-refractivity contribution < 1.29 is 98.1 Å². The Balaban J connectivity index is 2.94.